The Morgan fingerprint density at radius 2 is 1.26 bits per heavy atom. The molecule has 0 unspecified atom stereocenters. The molecule has 11 heteroatoms. The number of aryl methyl sites for hydroxylation is 1. The summed E-state index contributed by atoms with van der Waals surface area (Å²) in [7, 11) is -7.76. The van der Waals surface area contributed by atoms with E-state index in [0.717, 1.165) is 17.7 Å². The first-order valence-corrected chi connectivity index (χ1v) is 12.6. The molecule has 0 aliphatic carbocycles. The number of hydrogen-bond acceptors (Lipinski definition) is 6. The molecule has 0 amide bonds. The summed E-state index contributed by atoms with van der Waals surface area (Å²) in [6.45, 7) is 2.28. The predicted molar refractivity (Wildman–Crippen MR) is 113 cm³/mol. The van der Waals surface area contributed by atoms with Crippen molar-refractivity contribution >= 4 is 25.7 Å². The van der Waals surface area contributed by atoms with E-state index in [4.69, 9.17) is 0 Å². The van der Waals surface area contributed by atoms with Gasteiger partial charge in [-0.3, -0.25) is 18.7 Å². The summed E-state index contributed by atoms with van der Waals surface area (Å²) in [5.41, 5.74) is 1.71. The lowest BCUT2D eigenvalue weighted by Gasteiger charge is -2.31. The van der Waals surface area contributed by atoms with Crippen LogP contribution in [0.2, 0.25) is 0 Å². The molecule has 2 heterocycles. The first-order chi connectivity index (χ1) is 14.6. The highest BCUT2D eigenvalue weighted by Gasteiger charge is 2.40. The van der Waals surface area contributed by atoms with Gasteiger partial charge in [-0.05, 0) is 44.0 Å². The molecule has 0 fully saturated rings. The highest BCUT2D eigenvalue weighted by molar-refractivity contribution is 7.89. The van der Waals surface area contributed by atoms with Crippen LogP contribution in [0.25, 0.3) is 0 Å². The zero-order valence-corrected chi connectivity index (χ0v) is 18.4. The highest BCUT2D eigenvalue weighted by Crippen LogP contribution is 2.39. The molecule has 31 heavy (non-hydrogen) atoms. The molecule has 0 N–H and O–H groups in total. The minimum Gasteiger partial charge on any atom is -0.268 e. The van der Waals surface area contributed by atoms with Gasteiger partial charge in [-0.25, -0.2) is 16.8 Å². The third-order valence-corrected chi connectivity index (χ3v) is 9.21. The van der Waals surface area contributed by atoms with Gasteiger partial charge < -0.3 is 0 Å². The lowest BCUT2D eigenvalue weighted by Crippen LogP contribution is -2.35. The Balaban J connectivity index is 1.70. The van der Waals surface area contributed by atoms with E-state index < -0.39 is 25.0 Å². The van der Waals surface area contributed by atoms with Crippen LogP contribution in [-0.4, -0.2) is 43.5 Å². The van der Waals surface area contributed by atoms with Crippen molar-refractivity contribution < 1.29 is 21.8 Å². The zero-order valence-electron chi connectivity index (χ0n) is 16.8. The van der Waals surface area contributed by atoms with Crippen LogP contribution in [-0.2, 0) is 20.0 Å². The number of nitro benzene ring substituents is 1. The van der Waals surface area contributed by atoms with Crippen LogP contribution in [0.4, 0.5) is 5.69 Å². The van der Waals surface area contributed by atoms with E-state index in [0.29, 0.717) is 24.2 Å². The monoisotopic (exact) mass is 463 g/mol. The van der Waals surface area contributed by atoms with Crippen molar-refractivity contribution in [3.63, 3.8) is 0 Å². The van der Waals surface area contributed by atoms with Gasteiger partial charge >= 0.3 is 0 Å². The maximum Gasteiger partial charge on any atom is 0.269 e. The Kier molecular flexibility index (Phi) is 5.26. The number of nitrogens with zero attached hydrogens (tertiary/aromatic N) is 3. The fraction of sp³-hybridized carbons (Fsp3) is 0.300. The van der Waals surface area contributed by atoms with Gasteiger partial charge in [-0.15, -0.1) is 0 Å². The lowest BCUT2D eigenvalue weighted by molar-refractivity contribution is -0.384. The Bertz CT molecular complexity index is 1270. The van der Waals surface area contributed by atoms with E-state index >= 15 is 0 Å². The highest BCUT2D eigenvalue weighted by atomic mass is 32.2. The van der Waals surface area contributed by atoms with E-state index in [2.05, 4.69) is 0 Å². The van der Waals surface area contributed by atoms with Crippen LogP contribution < -0.4 is 0 Å². The van der Waals surface area contributed by atoms with Crippen molar-refractivity contribution in [1.82, 2.24) is 8.61 Å². The predicted octanol–water partition coefficient (Wildman–Crippen LogP) is 2.99. The van der Waals surface area contributed by atoms with Crippen molar-refractivity contribution in [3.05, 3.63) is 75.6 Å². The maximum absolute atomic E-state index is 13.2. The lowest BCUT2D eigenvalue weighted by atomic mass is 10.1. The van der Waals surface area contributed by atoms with Crippen molar-refractivity contribution in [1.29, 1.82) is 0 Å². The Morgan fingerprint density at radius 3 is 1.81 bits per heavy atom. The molecule has 2 aromatic rings. The van der Waals surface area contributed by atoms with Crippen molar-refractivity contribution in [2.75, 3.05) is 13.1 Å². The van der Waals surface area contributed by atoms with Crippen LogP contribution in [0.1, 0.15) is 24.8 Å². The van der Waals surface area contributed by atoms with Gasteiger partial charge in [-0.1, -0.05) is 17.7 Å². The van der Waals surface area contributed by atoms with Gasteiger partial charge in [0.05, 0.1) is 20.4 Å². The standard InChI is InChI=1S/C20H21N3O6S2/c1-15-4-8-17(9-5-15)31(28,29)22-14-12-20-19(22)3-2-13-21(20)30(26,27)18-10-6-16(7-11-18)23(24)25/h4-11H,2-3,12-14H2,1H3. The van der Waals surface area contributed by atoms with Crippen LogP contribution in [0.3, 0.4) is 0 Å². The number of rotatable bonds is 5. The fourth-order valence-corrected chi connectivity index (χ4v) is 7.07. The molecule has 2 aromatic carbocycles. The number of non-ortho nitro benzene ring substituents is 1. The molecule has 164 valence electrons. The summed E-state index contributed by atoms with van der Waals surface area (Å²) in [6.07, 6.45) is 1.23. The van der Waals surface area contributed by atoms with Crippen molar-refractivity contribution in [2.24, 2.45) is 0 Å². The van der Waals surface area contributed by atoms with E-state index in [1.54, 1.807) is 24.3 Å². The molecule has 0 bridgehead atoms. The molecule has 0 aromatic heterocycles. The minimum atomic E-state index is -3.97. The molecule has 0 atom stereocenters. The van der Waals surface area contributed by atoms with Gasteiger partial charge in [-0.2, -0.15) is 0 Å². The average Bonchev–Trinajstić information content (AvgIpc) is 3.19. The van der Waals surface area contributed by atoms with E-state index in [-0.39, 0.29) is 35.0 Å². The van der Waals surface area contributed by atoms with Crippen molar-refractivity contribution in [3.8, 4) is 0 Å². The second kappa shape index (κ2) is 7.65. The Labute approximate surface area is 180 Å². The number of hydrogen-bond donors (Lipinski definition) is 0. The van der Waals surface area contributed by atoms with Crippen molar-refractivity contribution in [2.45, 2.75) is 36.0 Å². The summed E-state index contributed by atoms with van der Waals surface area (Å²) in [5.74, 6) is 0. The third kappa shape index (κ3) is 3.68. The van der Waals surface area contributed by atoms with Gasteiger partial charge in [0.15, 0.2) is 0 Å². The van der Waals surface area contributed by atoms with Crippen LogP contribution in [0.15, 0.2) is 69.7 Å². The largest absolute Gasteiger partial charge is 0.269 e. The molecule has 0 saturated carbocycles. The molecule has 0 spiro atoms. The normalized spacial score (nSPS) is 17.1. The summed E-state index contributed by atoms with van der Waals surface area (Å²) < 4.78 is 55.4. The molecule has 9 nitrogen and oxygen atoms in total. The Hall–Kier alpha value is -2.92. The first-order valence-electron chi connectivity index (χ1n) is 9.71. The number of benzene rings is 2. The average molecular weight is 464 g/mol. The topological polar surface area (TPSA) is 118 Å². The molecule has 0 saturated heterocycles. The van der Waals surface area contributed by atoms with Gasteiger partial charge in [0.1, 0.15) is 0 Å². The molecule has 2 aliphatic heterocycles. The molecular weight excluding hydrogens is 442 g/mol. The minimum absolute atomic E-state index is 0.0632. The molecular formula is C20H21N3O6S2. The van der Waals surface area contributed by atoms with Gasteiger partial charge in [0.25, 0.3) is 25.7 Å². The SMILES string of the molecule is Cc1ccc(S(=O)(=O)N2CCC3=C2CCCN3S(=O)(=O)c2ccc([N+](=O)[O-])cc2)cc1. The Morgan fingerprint density at radius 1 is 0.774 bits per heavy atom. The molecule has 4 rings (SSSR count). The van der Waals surface area contributed by atoms with Crippen LogP contribution in [0.5, 0.6) is 0 Å². The number of allylic oxidation sites excluding steroid dienone is 1. The summed E-state index contributed by atoms with van der Waals surface area (Å²) in [4.78, 5) is 10.4. The second-order valence-electron chi connectivity index (χ2n) is 7.47. The van der Waals surface area contributed by atoms with Crippen LogP contribution >= 0.6 is 0 Å². The van der Waals surface area contributed by atoms with E-state index in [1.807, 2.05) is 6.92 Å². The maximum atomic E-state index is 13.2. The van der Waals surface area contributed by atoms with Crippen LogP contribution in [0, 0.1) is 17.0 Å². The first kappa shape index (κ1) is 21.3. The second-order valence-corrected chi connectivity index (χ2v) is 11.2. The fourth-order valence-electron chi connectivity index (χ4n) is 3.93. The number of sulfonamides is 2. The smallest absolute Gasteiger partial charge is 0.268 e. The third-order valence-electron chi connectivity index (χ3n) is 5.51. The summed E-state index contributed by atoms with van der Waals surface area (Å²) in [6, 6.07) is 11.3. The van der Waals surface area contributed by atoms with E-state index in [9.17, 15) is 26.9 Å². The van der Waals surface area contributed by atoms with Gasteiger partial charge in [0.2, 0.25) is 0 Å². The summed E-state index contributed by atoms with van der Waals surface area (Å²) >= 11 is 0. The summed E-state index contributed by atoms with van der Waals surface area (Å²) in [5, 5.41) is 10.9. The van der Waals surface area contributed by atoms with E-state index in [1.165, 1.54) is 20.7 Å². The zero-order chi connectivity index (χ0) is 22.4. The quantitative estimate of drug-likeness (QED) is 0.497. The van der Waals surface area contributed by atoms with Gasteiger partial charge in [0, 0.05) is 37.3 Å². The molecule has 0 radical (unpaired) electrons. The molecule has 2 aliphatic rings. The number of nitro groups is 1.